The normalized spacial score (nSPS) is 26.3. The number of aliphatic hydroxyl groups is 1. The van der Waals surface area contributed by atoms with Crippen LogP contribution in [-0.4, -0.2) is 11.2 Å². The van der Waals surface area contributed by atoms with E-state index in [0.29, 0.717) is 6.42 Å². The van der Waals surface area contributed by atoms with Crippen LogP contribution in [0.2, 0.25) is 0 Å². The second-order valence-corrected chi connectivity index (χ2v) is 3.44. The highest BCUT2D eigenvalue weighted by molar-refractivity contribution is 5.36. The summed E-state index contributed by atoms with van der Waals surface area (Å²) in [5, 5.41) is 9.78. The van der Waals surface area contributed by atoms with Crippen molar-refractivity contribution in [1.82, 2.24) is 0 Å². The minimum Gasteiger partial charge on any atom is -0.490 e. The van der Waals surface area contributed by atoms with Crippen LogP contribution in [0.15, 0.2) is 24.3 Å². The maximum absolute atomic E-state index is 9.78. The van der Waals surface area contributed by atoms with Gasteiger partial charge in [0.2, 0.25) is 0 Å². The smallest absolute Gasteiger partial charge is 0.125 e. The number of aliphatic hydroxyl groups excluding tert-OH is 1. The van der Waals surface area contributed by atoms with Crippen LogP contribution >= 0.6 is 0 Å². The van der Waals surface area contributed by atoms with E-state index in [2.05, 4.69) is 6.92 Å². The first kappa shape index (κ1) is 8.57. The molecule has 2 rings (SSSR count). The molecule has 0 saturated carbocycles. The van der Waals surface area contributed by atoms with Gasteiger partial charge in [-0.25, -0.2) is 0 Å². The zero-order valence-corrected chi connectivity index (χ0v) is 7.73. The summed E-state index contributed by atoms with van der Waals surface area (Å²) in [5.41, 5.74) is 0.923. The lowest BCUT2D eigenvalue weighted by atomic mass is 9.98. The summed E-state index contributed by atoms with van der Waals surface area (Å²) in [6.45, 7) is 2.07. The van der Waals surface area contributed by atoms with Crippen LogP contribution in [0.4, 0.5) is 0 Å². The van der Waals surface area contributed by atoms with Gasteiger partial charge in [0.25, 0.3) is 0 Å². The molecule has 13 heavy (non-hydrogen) atoms. The van der Waals surface area contributed by atoms with E-state index in [9.17, 15) is 5.11 Å². The van der Waals surface area contributed by atoms with Gasteiger partial charge >= 0.3 is 0 Å². The quantitative estimate of drug-likeness (QED) is 0.714. The predicted octanol–water partition coefficient (Wildman–Crippen LogP) is 2.28. The van der Waals surface area contributed by atoms with E-state index < -0.39 is 0 Å². The predicted molar refractivity (Wildman–Crippen MR) is 50.7 cm³/mol. The molecule has 0 aromatic heterocycles. The molecule has 1 N–H and O–H groups in total. The second kappa shape index (κ2) is 3.38. The number of hydrogen-bond acceptors (Lipinski definition) is 2. The van der Waals surface area contributed by atoms with Crippen LogP contribution in [0.3, 0.4) is 0 Å². The van der Waals surface area contributed by atoms with Crippen molar-refractivity contribution in [2.24, 2.45) is 0 Å². The van der Waals surface area contributed by atoms with Gasteiger partial charge in [-0.05, 0) is 12.5 Å². The lowest BCUT2D eigenvalue weighted by Gasteiger charge is -2.28. The summed E-state index contributed by atoms with van der Waals surface area (Å²) in [6.07, 6.45) is 1.48. The third-order valence-corrected chi connectivity index (χ3v) is 2.51. The fourth-order valence-electron chi connectivity index (χ4n) is 1.72. The molecule has 0 aliphatic carbocycles. The fraction of sp³-hybridized carbons (Fsp3) is 0.455. The van der Waals surface area contributed by atoms with Gasteiger partial charge in [0.05, 0.1) is 6.10 Å². The van der Waals surface area contributed by atoms with E-state index in [-0.39, 0.29) is 12.2 Å². The molecular weight excluding hydrogens is 164 g/mol. The van der Waals surface area contributed by atoms with Crippen molar-refractivity contribution in [3.63, 3.8) is 0 Å². The number of fused-ring (bicyclic) bond motifs is 1. The summed E-state index contributed by atoms with van der Waals surface area (Å²) in [7, 11) is 0. The van der Waals surface area contributed by atoms with Crippen molar-refractivity contribution in [1.29, 1.82) is 0 Å². The molecule has 1 unspecified atom stereocenters. The Morgan fingerprint density at radius 2 is 2.23 bits per heavy atom. The molecule has 1 aliphatic rings. The number of ether oxygens (including phenoxy) is 1. The first-order chi connectivity index (χ1) is 6.31. The Kier molecular flexibility index (Phi) is 2.23. The van der Waals surface area contributed by atoms with Crippen LogP contribution in [0.5, 0.6) is 5.75 Å². The number of benzene rings is 1. The van der Waals surface area contributed by atoms with Crippen molar-refractivity contribution in [2.45, 2.75) is 32.0 Å². The highest BCUT2D eigenvalue weighted by atomic mass is 16.5. The summed E-state index contributed by atoms with van der Waals surface area (Å²) < 4.78 is 5.69. The molecule has 0 fully saturated rings. The molecule has 70 valence electrons. The molecule has 2 nitrogen and oxygen atoms in total. The lowest BCUT2D eigenvalue weighted by molar-refractivity contribution is 0.0643. The van der Waals surface area contributed by atoms with E-state index in [1.54, 1.807) is 0 Å². The highest BCUT2D eigenvalue weighted by Gasteiger charge is 2.24. The average Bonchev–Trinajstić information content (AvgIpc) is 2.18. The van der Waals surface area contributed by atoms with Crippen LogP contribution < -0.4 is 4.74 Å². The van der Waals surface area contributed by atoms with Gasteiger partial charge in [0, 0.05) is 12.0 Å². The Morgan fingerprint density at radius 3 is 3.00 bits per heavy atom. The highest BCUT2D eigenvalue weighted by Crippen LogP contribution is 2.34. The molecule has 1 aliphatic heterocycles. The maximum atomic E-state index is 9.78. The molecule has 0 spiro atoms. The standard InChI is InChI=1S/C11H14O2/c1-2-8-7-10(12)9-5-3-4-6-11(9)13-8/h3-6,8,10,12H,2,7H2,1H3/t8?,10-/m1/s1. The Morgan fingerprint density at radius 1 is 1.46 bits per heavy atom. The molecule has 1 aromatic rings. The minimum absolute atomic E-state index is 0.171. The van der Waals surface area contributed by atoms with E-state index in [4.69, 9.17) is 4.74 Å². The van der Waals surface area contributed by atoms with Gasteiger partial charge in [-0.15, -0.1) is 0 Å². The lowest BCUT2D eigenvalue weighted by Crippen LogP contribution is -2.24. The Hall–Kier alpha value is -1.02. The zero-order chi connectivity index (χ0) is 9.26. The Bertz CT molecular complexity index is 296. The van der Waals surface area contributed by atoms with Gasteiger partial charge in [-0.3, -0.25) is 0 Å². The molecule has 0 saturated heterocycles. The van der Waals surface area contributed by atoms with E-state index in [1.165, 1.54) is 0 Å². The number of hydrogen-bond donors (Lipinski definition) is 1. The molecule has 0 bridgehead atoms. The summed E-state index contributed by atoms with van der Waals surface area (Å²) in [5.74, 6) is 0.841. The van der Waals surface area contributed by atoms with Crippen LogP contribution in [0.1, 0.15) is 31.4 Å². The minimum atomic E-state index is -0.352. The van der Waals surface area contributed by atoms with Crippen LogP contribution in [-0.2, 0) is 0 Å². The molecule has 0 radical (unpaired) electrons. The van der Waals surface area contributed by atoms with E-state index in [1.807, 2.05) is 24.3 Å². The Balaban J connectivity index is 2.31. The molecule has 1 aromatic carbocycles. The third-order valence-electron chi connectivity index (χ3n) is 2.51. The van der Waals surface area contributed by atoms with Crippen molar-refractivity contribution in [3.8, 4) is 5.75 Å². The van der Waals surface area contributed by atoms with Gasteiger partial charge < -0.3 is 9.84 Å². The largest absolute Gasteiger partial charge is 0.490 e. The van der Waals surface area contributed by atoms with E-state index >= 15 is 0 Å². The topological polar surface area (TPSA) is 29.5 Å². The summed E-state index contributed by atoms with van der Waals surface area (Å²) in [4.78, 5) is 0. The molecule has 1 heterocycles. The van der Waals surface area contributed by atoms with Crippen molar-refractivity contribution < 1.29 is 9.84 Å². The van der Waals surface area contributed by atoms with Crippen LogP contribution in [0.25, 0.3) is 0 Å². The number of para-hydroxylation sites is 1. The van der Waals surface area contributed by atoms with E-state index in [0.717, 1.165) is 17.7 Å². The fourth-order valence-corrected chi connectivity index (χ4v) is 1.72. The first-order valence-electron chi connectivity index (χ1n) is 4.75. The first-order valence-corrected chi connectivity index (χ1v) is 4.75. The molecular formula is C11H14O2. The Labute approximate surface area is 78.2 Å². The third kappa shape index (κ3) is 1.54. The van der Waals surface area contributed by atoms with Gasteiger partial charge in [-0.1, -0.05) is 25.1 Å². The zero-order valence-electron chi connectivity index (χ0n) is 7.73. The number of rotatable bonds is 1. The SMILES string of the molecule is CCC1C[C@@H](O)c2ccccc2O1. The van der Waals surface area contributed by atoms with Crippen molar-refractivity contribution >= 4 is 0 Å². The van der Waals surface area contributed by atoms with Crippen LogP contribution in [0, 0.1) is 0 Å². The second-order valence-electron chi connectivity index (χ2n) is 3.44. The molecule has 2 heteroatoms. The van der Waals surface area contributed by atoms with Gasteiger partial charge in [-0.2, -0.15) is 0 Å². The monoisotopic (exact) mass is 178 g/mol. The van der Waals surface area contributed by atoms with Gasteiger partial charge in [0.1, 0.15) is 11.9 Å². The van der Waals surface area contributed by atoms with Gasteiger partial charge in [0.15, 0.2) is 0 Å². The average molecular weight is 178 g/mol. The summed E-state index contributed by atoms with van der Waals surface area (Å²) >= 11 is 0. The molecule has 2 atom stereocenters. The van der Waals surface area contributed by atoms with Crippen molar-refractivity contribution in [3.05, 3.63) is 29.8 Å². The molecule has 0 amide bonds. The maximum Gasteiger partial charge on any atom is 0.125 e. The summed E-state index contributed by atoms with van der Waals surface area (Å²) in [6, 6.07) is 7.70. The van der Waals surface area contributed by atoms with Crippen molar-refractivity contribution in [2.75, 3.05) is 0 Å².